The molecule has 1 atom stereocenters. The molecule has 0 aromatic heterocycles. The summed E-state index contributed by atoms with van der Waals surface area (Å²) in [5.41, 5.74) is 0.821. The molecule has 0 spiro atoms. The zero-order valence-electron chi connectivity index (χ0n) is 19.4. The standard InChI is InChI=1S/C13H20O3.C12H20O/c1-5-9-15-12(14)16-11-10(2)7-6-8-13(11,3)4;1-5-7-12(4)9-6-8-11(2,3)10(12)13/h5H,1,6-9H2,2-4H3;5H,1,6-9H2,2-4H3/t;12-/m.0/s1. The van der Waals surface area contributed by atoms with E-state index in [4.69, 9.17) is 9.47 Å². The fraction of sp³-hybridized carbons (Fsp3) is 0.680. The molecule has 2 rings (SSSR count). The van der Waals surface area contributed by atoms with Gasteiger partial charge in [0.15, 0.2) is 0 Å². The van der Waals surface area contributed by atoms with Crippen LogP contribution in [0.25, 0.3) is 0 Å². The van der Waals surface area contributed by atoms with Crippen molar-refractivity contribution in [2.75, 3.05) is 6.61 Å². The van der Waals surface area contributed by atoms with Gasteiger partial charge in [0.05, 0.1) is 0 Å². The summed E-state index contributed by atoms with van der Waals surface area (Å²) in [7, 11) is 0. The molecule has 1 fully saturated rings. The number of carbonyl (C=O) groups excluding carboxylic acids is 2. The number of hydrogen-bond acceptors (Lipinski definition) is 4. The van der Waals surface area contributed by atoms with Crippen molar-refractivity contribution in [3.05, 3.63) is 36.6 Å². The summed E-state index contributed by atoms with van der Waals surface area (Å²) in [4.78, 5) is 23.5. The van der Waals surface area contributed by atoms with Crippen molar-refractivity contribution in [3.8, 4) is 0 Å². The van der Waals surface area contributed by atoms with E-state index in [0.717, 1.165) is 49.9 Å². The predicted molar refractivity (Wildman–Crippen MR) is 119 cm³/mol. The van der Waals surface area contributed by atoms with E-state index in [1.54, 1.807) is 0 Å². The first-order chi connectivity index (χ1) is 13.4. The van der Waals surface area contributed by atoms with Gasteiger partial charge in [0, 0.05) is 16.2 Å². The highest BCUT2D eigenvalue weighted by Crippen LogP contribution is 2.44. The number of hydrogen-bond donors (Lipinski definition) is 0. The van der Waals surface area contributed by atoms with Crippen LogP contribution in [0.5, 0.6) is 0 Å². The molecule has 0 unspecified atom stereocenters. The Morgan fingerprint density at radius 1 is 1.00 bits per heavy atom. The van der Waals surface area contributed by atoms with E-state index in [1.807, 2.05) is 13.0 Å². The van der Waals surface area contributed by atoms with Gasteiger partial charge in [-0.05, 0) is 51.0 Å². The Labute approximate surface area is 177 Å². The molecule has 4 heteroatoms. The number of ether oxygens (including phenoxy) is 2. The first-order valence-electron chi connectivity index (χ1n) is 10.7. The molecule has 4 nitrogen and oxygen atoms in total. The van der Waals surface area contributed by atoms with Gasteiger partial charge in [-0.1, -0.05) is 59.8 Å². The molecular formula is C25H40O4. The highest BCUT2D eigenvalue weighted by molar-refractivity contribution is 5.90. The van der Waals surface area contributed by atoms with E-state index in [0.29, 0.717) is 5.78 Å². The number of carbonyl (C=O) groups is 2. The Balaban J connectivity index is 0.000000296. The number of ketones is 1. The predicted octanol–water partition coefficient (Wildman–Crippen LogP) is 7.16. The highest BCUT2D eigenvalue weighted by Gasteiger charge is 2.44. The van der Waals surface area contributed by atoms with Gasteiger partial charge >= 0.3 is 6.16 Å². The molecule has 164 valence electrons. The van der Waals surface area contributed by atoms with Crippen molar-refractivity contribution in [3.63, 3.8) is 0 Å². The molecule has 0 heterocycles. The van der Waals surface area contributed by atoms with Crippen LogP contribution in [0.3, 0.4) is 0 Å². The molecular weight excluding hydrogens is 364 g/mol. The van der Waals surface area contributed by atoms with E-state index in [2.05, 4.69) is 47.8 Å². The molecule has 0 amide bonds. The van der Waals surface area contributed by atoms with Crippen LogP contribution in [-0.2, 0) is 14.3 Å². The zero-order chi connectivity index (χ0) is 22.3. The monoisotopic (exact) mass is 404 g/mol. The summed E-state index contributed by atoms with van der Waals surface area (Å²) in [6.45, 7) is 19.8. The molecule has 2 aliphatic carbocycles. The van der Waals surface area contributed by atoms with E-state index in [9.17, 15) is 9.59 Å². The van der Waals surface area contributed by atoms with Crippen molar-refractivity contribution >= 4 is 11.9 Å². The van der Waals surface area contributed by atoms with E-state index in [1.165, 1.54) is 12.5 Å². The molecule has 1 saturated carbocycles. The smallest absolute Gasteiger partial charge is 0.430 e. The van der Waals surface area contributed by atoms with Crippen molar-refractivity contribution in [2.24, 2.45) is 16.2 Å². The zero-order valence-corrected chi connectivity index (χ0v) is 19.4. The van der Waals surface area contributed by atoms with E-state index >= 15 is 0 Å². The Hall–Kier alpha value is -1.84. The van der Waals surface area contributed by atoms with Crippen LogP contribution in [0.1, 0.15) is 86.5 Å². The summed E-state index contributed by atoms with van der Waals surface area (Å²) in [6.07, 6.45) is 10.0. The minimum atomic E-state index is -0.635. The van der Waals surface area contributed by atoms with Crippen LogP contribution in [0.2, 0.25) is 0 Å². The molecule has 0 aromatic carbocycles. The van der Waals surface area contributed by atoms with Crippen molar-refractivity contribution in [1.82, 2.24) is 0 Å². The molecule has 0 N–H and O–H groups in total. The highest BCUT2D eigenvalue weighted by atomic mass is 16.7. The fourth-order valence-electron chi connectivity index (χ4n) is 4.54. The van der Waals surface area contributed by atoms with Gasteiger partial charge in [-0.15, -0.1) is 6.58 Å². The maximum atomic E-state index is 12.1. The molecule has 0 aliphatic heterocycles. The van der Waals surface area contributed by atoms with Crippen molar-refractivity contribution < 1.29 is 19.1 Å². The summed E-state index contributed by atoms with van der Waals surface area (Å²) in [5, 5.41) is 0. The average molecular weight is 405 g/mol. The van der Waals surface area contributed by atoms with Gasteiger partial charge in [-0.2, -0.15) is 0 Å². The van der Waals surface area contributed by atoms with E-state index < -0.39 is 6.16 Å². The second-order valence-corrected chi connectivity index (χ2v) is 9.92. The minimum absolute atomic E-state index is 0.0739. The molecule has 2 aliphatic rings. The lowest BCUT2D eigenvalue weighted by atomic mass is 9.62. The van der Waals surface area contributed by atoms with Crippen LogP contribution >= 0.6 is 0 Å². The number of rotatable bonds is 5. The van der Waals surface area contributed by atoms with Crippen LogP contribution < -0.4 is 0 Å². The molecule has 0 aromatic rings. The van der Waals surface area contributed by atoms with E-state index in [-0.39, 0.29) is 22.9 Å². The third-order valence-corrected chi connectivity index (χ3v) is 6.15. The fourth-order valence-corrected chi connectivity index (χ4v) is 4.54. The van der Waals surface area contributed by atoms with Crippen molar-refractivity contribution in [2.45, 2.75) is 86.5 Å². The summed E-state index contributed by atoms with van der Waals surface area (Å²) in [6, 6.07) is 0. The lowest BCUT2D eigenvalue weighted by Gasteiger charge is -2.40. The normalized spacial score (nSPS) is 25.4. The van der Waals surface area contributed by atoms with Gasteiger partial charge in [0.2, 0.25) is 0 Å². The molecule has 29 heavy (non-hydrogen) atoms. The van der Waals surface area contributed by atoms with Crippen LogP contribution in [0, 0.1) is 16.2 Å². The maximum absolute atomic E-state index is 12.1. The Morgan fingerprint density at radius 3 is 2.17 bits per heavy atom. The van der Waals surface area contributed by atoms with Crippen LogP contribution in [-0.4, -0.2) is 18.5 Å². The molecule has 0 bridgehead atoms. The largest absolute Gasteiger partial charge is 0.513 e. The Morgan fingerprint density at radius 2 is 1.62 bits per heavy atom. The van der Waals surface area contributed by atoms with Gasteiger partial charge in [0.25, 0.3) is 0 Å². The van der Waals surface area contributed by atoms with Crippen LogP contribution in [0.4, 0.5) is 4.79 Å². The third-order valence-electron chi connectivity index (χ3n) is 6.15. The first kappa shape index (κ1) is 25.2. The topological polar surface area (TPSA) is 52.6 Å². The number of allylic oxidation sites excluding steroid dienone is 3. The summed E-state index contributed by atoms with van der Waals surface area (Å²) >= 11 is 0. The van der Waals surface area contributed by atoms with Gasteiger partial charge in [-0.3, -0.25) is 4.79 Å². The SMILES string of the molecule is C=CCOC(=O)OC1=C(C)CCCC1(C)C.C=CC[C@@]1(C)CCCC(C)(C)C1=O. The van der Waals surface area contributed by atoms with Crippen LogP contribution in [0.15, 0.2) is 36.6 Å². The second-order valence-electron chi connectivity index (χ2n) is 9.92. The summed E-state index contributed by atoms with van der Waals surface area (Å²) < 4.78 is 10.1. The van der Waals surface area contributed by atoms with Crippen molar-refractivity contribution in [1.29, 1.82) is 0 Å². The molecule has 0 radical (unpaired) electrons. The lowest BCUT2D eigenvalue weighted by molar-refractivity contribution is -0.140. The lowest BCUT2D eigenvalue weighted by Crippen LogP contribution is -2.42. The molecule has 0 saturated heterocycles. The van der Waals surface area contributed by atoms with Gasteiger partial charge < -0.3 is 9.47 Å². The third kappa shape index (κ3) is 6.87. The average Bonchev–Trinajstić information content (AvgIpc) is 2.62. The number of Topliss-reactive ketones (excluding diaryl/α,β-unsaturated/α-hetero) is 1. The first-order valence-corrected chi connectivity index (χ1v) is 10.7. The minimum Gasteiger partial charge on any atom is -0.430 e. The second kappa shape index (κ2) is 10.3. The maximum Gasteiger partial charge on any atom is 0.513 e. The van der Waals surface area contributed by atoms with Gasteiger partial charge in [-0.25, -0.2) is 4.79 Å². The summed E-state index contributed by atoms with van der Waals surface area (Å²) in [5.74, 6) is 1.19. The van der Waals surface area contributed by atoms with Gasteiger partial charge in [0.1, 0.15) is 18.1 Å². The quantitative estimate of drug-likeness (QED) is 0.360. The Kier molecular flexibility index (Phi) is 8.92. The Bertz CT molecular complexity index is 654.